The van der Waals surface area contributed by atoms with E-state index in [1.807, 2.05) is 30.3 Å². The fraction of sp³-hybridized carbons (Fsp3) is 0.333. The Bertz CT molecular complexity index is 658. The molecule has 1 aromatic heterocycles. The van der Waals surface area contributed by atoms with Gasteiger partial charge in [0.2, 0.25) is 5.91 Å². The van der Waals surface area contributed by atoms with E-state index in [0.717, 1.165) is 5.56 Å². The average molecular weight is 307 g/mol. The molecule has 0 saturated carbocycles. The highest BCUT2D eigenvalue weighted by atomic mass is 19.3. The summed E-state index contributed by atoms with van der Waals surface area (Å²) >= 11 is 0. The number of nitrogens with one attached hydrogen (secondary N) is 2. The van der Waals surface area contributed by atoms with Crippen LogP contribution in [0, 0.1) is 0 Å². The second-order valence-electron chi connectivity index (χ2n) is 5.21. The molecule has 3 rings (SSSR count). The van der Waals surface area contributed by atoms with Crippen LogP contribution in [0.4, 0.5) is 8.78 Å². The largest absolute Gasteiger partial charge is 0.443 e. The number of aromatic nitrogens is 1. The minimum Gasteiger partial charge on any atom is -0.443 e. The van der Waals surface area contributed by atoms with Gasteiger partial charge in [0.05, 0.1) is 19.1 Å². The molecule has 2 N–H and O–H groups in total. The number of carbonyl (C=O) groups is 1. The molecule has 2 heterocycles. The van der Waals surface area contributed by atoms with Crippen LogP contribution in [-0.2, 0) is 11.3 Å². The van der Waals surface area contributed by atoms with Gasteiger partial charge in [-0.1, -0.05) is 30.3 Å². The molecule has 1 atom stereocenters. The van der Waals surface area contributed by atoms with Gasteiger partial charge in [-0.3, -0.25) is 10.1 Å². The van der Waals surface area contributed by atoms with E-state index in [-0.39, 0.29) is 6.54 Å². The molecule has 116 valence electrons. The van der Waals surface area contributed by atoms with Crippen molar-refractivity contribution < 1.29 is 18.0 Å². The number of oxazole rings is 1. The molecule has 0 radical (unpaired) electrons. The average Bonchev–Trinajstić information content (AvgIpc) is 3.12. The van der Waals surface area contributed by atoms with Crippen molar-refractivity contribution in [3.8, 4) is 11.3 Å². The summed E-state index contributed by atoms with van der Waals surface area (Å²) in [4.78, 5) is 16.0. The summed E-state index contributed by atoms with van der Waals surface area (Å²) in [6.45, 7) is -0.340. The molecular weight excluding hydrogens is 292 g/mol. The van der Waals surface area contributed by atoms with E-state index < -0.39 is 30.8 Å². The monoisotopic (exact) mass is 307 g/mol. The summed E-state index contributed by atoms with van der Waals surface area (Å²) in [5.41, 5.74) is 1.40. The number of amides is 1. The molecule has 1 unspecified atom stereocenters. The highest BCUT2D eigenvalue weighted by Crippen LogP contribution is 2.25. The maximum Gasteiger partial charge on any atom is 0.262 e. The van der Waals surface area contributed by atoms with Crippen LogP contribution in [0.3, 0.4) is 0 Å². The predicted octanol–water partition coefficient (Wildman–Crippen LogP) is 1.95. The lowest BCUT2D eigenvalue weighted by Crippen LogP contribution is -2.40. The summed E-state index contributed by atoms with van der Waals surface area (Å²) < 4.78 is 31.5. The summed E-state index contributed by atoms with van der Waals surface area (Å²) in [5.74, 6) is -2.73. The lowest BCUT2D eigenvalue weighted by Gasteiger charge is -2.10. The van der Waals surface area contributed by atoms with Gasteiger partial charge in [0.15, 0.2) is 12.2 Å². The Morgan fingerprint density at radius 1 is 1.41 bits per heavy atom. The second-order valence-corrected chi connectivity index (χ2v) is 5.21. The Hall–Kier alpha value is -2.28. The van der Waals surface area contributed by atoms with Gasteiger partial charge < -0.3 is 9.73 Å². The number of hydrogen-bond donors (Lipinski definition) is 2. The molecule has 1 fully saturated rings. The number of benzene rings is 1. The number of hydrogen-bond acceptors (Lipinski definition) is 4. The second kappa shape index (κ2) is 5.84. The van der Waals surface area contributed by atoms with E-state index in [9.17, 15) is 13.6 Å². The normalized spacial score (nSPS) is 20.0. The molecule has 1 aliphatic heterocycles. The van der Waals surface area contributed by atoms with Crippen molar-refractivity contribution in [1.82, 2.24) is 15.6 Å². The molecule has 1 aromatic carbocycles. The molecule has 0 spiro atoms. The zero-order chi connectivity index (χ0) is 15.6. The van der Waals surface area contributed by atoms with Crippen molar-refractivity contribution in [2.75, 3.05) is 6.54 Å². The van der Waals surface area contributed by atoms with E-state index in [1.165, 1.54) is 6.39 Å². The van der Waals surface area contributed by atoms with Gasteiger partial charge in [-0.25, -0.2) is 13.8 Å². The van der Waals surface area contributed by atoms with Gasteiger partial charge >= 0.3 is 0 Å². The molecule has 5 nitrogen and oxygen atoms in total. The molecule has 22 heavy (non-hydrogen) atoms. The molecule has 1 aliphatic rings. The van der Waals surface area contributed by atoms with Crippen LogP contribution in [-0.4, -0.2) is 29.4 Å². The Morgan fingerprint density at radius 2 is 2.18 bits per heavy atom. The van der Waals surface area contributed by atoms with E-state index >= 15 is 0 Å². The highest BCUT2D eigenvalue weighted by molar-refractivity contribution is 5.82. The lowest BCUT2D eigenvalue weighted by molar-refractivity contribution is -0.123. The third-order valence-electron chi connectivity index (χ3n) is 3.53. The number of alkyl halides is 2. The minimum absolute atomic E-state index is 0.128. The zero-order valence-corrected chi connectivity index (χ0v) is 11.7. The minimum atomic E-state index is -2.83. The molecule has 1 amide bonds. The van der Waals surface area contributed by atoms with E-state index in [2.05, 4.69) is 15.6 Å². The summed E-state index contributed by atoms with van der Waals surface area (Å²) in [7, 11) is 0. The van der Waals surface area contributed by atoms with Gasteiger partial charge in [0.1, 0.15) is 5.69 Å². The third-order valence-corrected chi connectivity index (χ3v) is 3.53. The maximum atomic E-state index is 13.1. The summed E-state index contributed by atoms with van der Waals surface area (Å²) in [6.07, 6.45) is 0.814. The molecule has 2 aromatic rings. The van der Waals surface area contributed by atoms with Crippen LogP contribution in [0.1, 0.15) is 12.1 Å². The van der Waals surface area contributed by atoms with Crippen LogP contribution in [0.25, 0.3) is 11.3 Å². The molecule has 7 heteroatoms. The Morgan fingerprint density at radius 3 is 2.86 bits per heavy atom. The van der Waals surface area contributed by atoms with Crippen molar-refractivity contribution in [3.63, 3.8) is 0 Å². The molecule has 0 aliphatic carbocycles. The Labute approximate surface area is 125 Å². The lowest BCUT2D eigenvalue weighted by atomic mass is 10.1. The first-order chi connectivity index (χ1) is 10.6. The van der Waals surface area contributed by atoms with Crippen molar-refractivity contribution >= 4 is 5.91 Å². The fourth-order valence-corrected chi connectivity index (χ4v) is 2.41. The topological polar surface area (TPSA) is 67.2 Å². The molecule has 1 saturated heterocycles. The summed E-state index contributed by atoms with van der Waals surface area (Å²) in [5, 5.41) is 5.13. The van der Waals surface area contributed by atoms with Gasteiger partial charge in [-0.05, 0) is 0 Å². The van der Waals surface area contributed by atoms with Gasteiger partial charge in [0, 0.05) is 12.0 Å². The first-order valence-corrected chi connectivity index (χ1v) is 6.92. The quantitative estimate of drug-likeness (QED) is 0.906. The third kappa shape index (κ3) is 3.14. The van der Waals surface area contributed by atoms with Crippen molar-refractivity contribution in [2.45, 2.75) is 24.9 Å². The van der Waals surface area contributed by atoms with Crippen LogP contribution >= 0.6 is 0 Å². The maximum absolute atomic E-state index is 13.1. The summed E-state index contributed by atoms with van der Waals surface area (Å²) in [6, 6.07) is 8.47. The van der Waals surface area contributed by atoms with Gasteiger partial charge in [-0.15, -0.1) is 0 Å². The molecular formula is C15H15F2N3O2. The first kappa shape index (κ1) is 14.6. The smallest absolute Gasteiger partial charge is 0.262 e. The van der Waals surface area contributed by atoms with E-state index in [0.29, 0.717) is 11.5 Å². The molecule has 0 bridgehead atoms. The van der Waals surface area contributed by atoms with Crippen molar-refractivity contribution in [2.24, 2.45) is 0 Å². The highest BCUT2D eigenvalue weighted by Gasteiger charge is 2.42. The Balaban J connectivity index is 1.63. The van der Waals surface area contributed by atoms with Crippen LogP contribution < -0.4 is 10.6 Å². The van der Waals surface area contributed by atoms with Crippen molar-refractivity contribution in [3.05, 3.63) is 42.4 Å². The van der Waals surface area contributed by atoms with Gasteiger partial charge in [-0.2, -0.15) is 0 Å². The predicted molar refractivity (Wildman–Crippen MR) is 75.1 cm³/mol. The van der Waals surface area contributed by atoms with E-state index in [1.54, 1.807) is 0 Å². The Kier molecular flexibility index (Phi) is 3.89. The standard InChI is InChI=1S/C15H15F2N3O2/c16-15(17)6-11(19-8-15)14(21)18-7-12-13(22-9-20-12)10-4-2-1-3-5-10/h1-5,9,11,19H,6-8H2,(H,18,21). The van der Waals surface area contributed by atoms with Crippen LogP contribution in [0.2, 0.25) is 0 Å². The number of carbonyl (C=O) groups excluding carboxylic acids is 1. The van der Waals surface area contributed by atoms with Crippen LogP contribution in [0.5, 0.6) is 0 Å². The zero-order valence-electron chi connectivity index (χ0n) is 11.7. The van der Waals surface area contributed by atoms with E-state index in [4.69, 9.17) is 4.42 Å². The number of rotatable bonds is 4. The van der Waals surface area contributed by atoms with Crippen molar-refractivity contribution in [1.29, 1.82) is 0 Å². The fourth-order valence-electron chi connectivity index (χ4n) is 2.41. The first-order valence-electron chi connectivity index (χ1n) is 6.92. The van der Waals surface area contributed by atoms with Gasteiger partial charge in [0.25, 0.3) is 5.92 Å². The van der Waals surface area contributed by atoms with Crippen LogP contribution in [0.15, 0.2) is 41.1 Å². The number of nitrogens with zero attached hydrogens (tertiary/aromatic N) is 1. The SMILES string of the molecule is O=C(NCc1ncoc1-c1ccccc1)C1CC(F)(F)CN1. The number of halogens is 2.